The molecule has 0 aromatic carbocycles. The summed E-state index contributed by atoms with van der Waals surface area (Å²) in [5, 5.41) is 0. The largest absolute Gasteiger partial charge is 0.327 e. The standard InChI is InChI=1S/C17H36N2/c1-12-15(18)10-9-14(17(12,6)7)11-19(8)13(2)16(3,4)5/h12-15H,9-11,18H2,1-8H3. The van der Waals surface area contributed by atoms with Crippen LogP contribution in [0.3, 0.4) is 0 Å². The molecule has 0 aliphatic heterocycles. The average molecular weight is 268 g/mol. The van der Waals surface area contributed by atoms with Gasteiger partial charge in [0, 0.05) is 18.6 Å². The first-order valence-corrected chi connectivity index (χ1v) is 7.93. The Labute approximate surface area is 121 Å². The second-order valence-electron chi connectivity index (χ2n) is 8.53. The molecule has 0 heterocycles. The fourth-order valence-corrected chi connectivity index (χ4v) is 3.43. The third-order valence-electron chi connectivity index (χ3n) is 6.14. The maximum Gasteiger partial charge on any atom is 0.0112 e. The minimum Gasteiger partial charge on any atom is -0.327 e. The Hall–Kier alpha value is -0.0800. The van der Waals surface area contributed by atoms with E-state index >= 15 is 0 Å². The second-order valence-corrected chi connectivity index (χ2v) is 8.53. The Balaban J connectivity index is 2.71. The first-order valence-electron chi connectivity index (χ1n) is 7.93. The number of rotatable bonds is 3. The van der Waals surface area contributed by atoms with Crippen molar-refractivity contribution in [2.45, 2.75) is 73.4 Å². The van der Waals surface area contributed by atoms with Crippen LogP contribution in [0.15, 0.2) is 0 Å². The SMILES string of the molecule is CC(N(C)CC1CCC(N)C(C)C1(C)C)C(C)(C)C. The van der Waals surface area contributed by atoms with Gasteiger partial charge in [-0.2, -0.15) is 0 Å². The Morgan fingerprint density at radius 1 is 1.26 bits per heavy atom. The normalized spacial score (nSPS) is 33.5. The predicted molar refractivity (Wildman–Crippen MR) is 85.2 cm³/mol. The highest BCUT2D eigenvalue weighted by molar-refractivity contribution is 4.95. The lowest BCUT2D eigenvalue weighted by Gasteiger charge is -2.49. The van der Waals surface area contributed by atoms with Crippen LogP contribution in [0.1, 0.15) is 61.3 Å². The van der Waals surface area contributed by atoms with E-state index in [-0.39, 0.29) is 0 Å². The first kappa shape index (κ1) is 17.0. The molecule has 114 valence electrons. The Morgan fingerprint density at radius 3 is 2.26 bits per heavy atom. The van der Waals surface area contributed by atoms with Crippen molar-refractivity contribution in [1.82, 2.24) is 4.90 Å². The molecule has 1 aliphatic carbocycles. The molecule has 0 spiro atoms. The molecule has 1 saturated carbocycles. The molecule has 19 heavy (non-hydrogen) atoms. The molecule has 1 aliphatic rings. The van der Waals surface area contributed by atoms with Crippen molar-refractivity contribution in [3.05, 3.63) is 0 Å². The summed E-state index contributed by atoms with van der Waals surface area (Å²) in [5.41, 5.74) is 6.96. The van der Waals surface area contributed by atoms with Gasteiger partial charge in [-0.25, -0.2) is 0 Å². The molecule has 4 unspecified atom stereocenters. The summed E-state index contributed by atoms with van der Waals surface area (Å²) in [6.07, 6.45) is 2.46. The molecular formula is C17H36N2. The molecular weight excluding hydrogens is 232 g/mol. The van der Waals surface area contributed by atoms with Crippen LogP contribution in [0.2, 0.25) is 0 Å². The van der Waals surface area contributed by atoms with Gasteiger partial charge < -0.3 is 10.6 Å². The summed E-state index contributed by atoms with van der Waals surface area (Å²) < 4.78 is 0. The van der Waals surface area contributed by atoms with Crippen molar-refractivity contribution in [3.63, 3.8) is 0 Å². The number of hydrogen-bond donors (Lipinski definition) is 1. The average Bonchev–Trinajstić information content (AvgIpc) is 2.28. The molecule has 1 rings (SSSR count). The maximum absolute atomic E-state index is 6.26. The van der Waals surface area contributed by atoms with Gasteiger partial charge in [-0.1, -0.05) is 41.5 Å². The van der Waals surface area contributed by atoms with Gasteiger partial charge in [0.15, 0.2) is 0 Å². The van der Waals surface area contributed by atoms with Crippen LogP contribution in [-0.4, -0.2) is 30.6 Å². The van der Waals surface area contributed by atoms with E-state index in [1.54, 1.807) is 0 Å². The van der Waals surface area contributed by atoms with E-state index in [9.17, 15) is 0 Å². The van der Waals surface area contributed by atoms with Crippen molar-refractivity contribution >= 4 is 0 Å². The van der Waals surface area contributed by atoms with Crippen LogP contribution < -0.4 is 5.73 Å². The summed E-state index contributed by atoms with van der Waals surface area (Å²) in [6, 6.07) is 0.991. The lowest BCUT2D eigenvalue weighted by molar-refractivity contribution is 0.0144. The zero-order valence-electron chi connectivity index (χ0n) is 14.5. The third kappa shape index (κ3) is 3.72. The lowest BCUT2D eigenvalue weighted by atomic mass is 9.61. The van der Waals surface area contributed by atoms with E-state index in [0.29, 0.717) is 28.8 Å². The van der Waals surface area contributed by atoms with Crippen LogP contribution in [0.5, 0.6) is 0 Å². The smallest absolute Gasteiger partial charge is 0.0112 e. The van der Waals surface area contributed by atoms with Crippen molar-refractivity contribution in [2.75, 3.05) is 13.6 Å². The van der Waals surface area contributed by atoms with Gasteiger partial charge in [0.05, 0.1) is 0 Å². The van der Waals surface area contributed by atoms with Crippen molar-refractivity contribution in [2.24, 2.45) is 28.4 Å². The minimum absolute atomic E-state index is 0.343. The summed E-state index contributed by atoms with van der Waals surface area (Å²) >= 11 is 0. The van der Waals surface area contributed by atoms with Crippen molar-refractivity contribution in [3.8, 4) is 0 Å². The topological polar surface area (TPSA) is 29.3 Å². The summed E-state index contributed by atoms with van der Waals surface area (Å²) in [7, 11) is 2.28. The highest BCUT2D eigenvalue weighted by Crippen LogP contribution is 2.44. The molecule has 1 fully saturated rings. The molecule has 0 aromatic heterocycles. The molecule has 0 bridgehead atoms. The Morgan fingerprint density at radius 2 is 1.79 bits per heavy atom. The molecule has 0 radical (unpaired) electrons. The van der Waals surface area contributed by atoms with E-state index in [0.717, 1.165) is 5.92 Å². The van der Waals surface area contributed by atoms with Gasteiger partial charge >= 0.3 is 0 Å². The molecule has 4 atom stereocenters. The highest BCUT2D eigenvalue weighted by Gasteiger charge is 2.42. The van der Waals surface area contributed by atoms with E-state index in [4.69, 9.17) is 5.73 Å². The fraction of sp³-hybridized carbons (Fsp3) is 1.00. The Kier molecular flexibility index (Phi) is 5.12. The Bertz CT molecular complexity index is 290. The van der Waals surface area contributed by atoms with Crippen LogP contribution >= 0.6 is 0 Å². The third-order valence-corrected chi connectivity index (χ3v) is 6.14. The van der Waals surface area contributed by atoms with Gasteiger partial charge in [-0.05, 0) is 49.5 Å². The molecule has 0 saturated heterocycles. The van der Waals surface area contributed by atoms with Crippen LogP contribution in [-0.2, 0) is 0 Å². The number of nitrogens with two attached hydrogens (primary N) is 1. The van der Waals surface area contributed by atoms with E-state index in [1.165, 1.54) is 19.4 Å². The summed E-state index contributed by atoms with van der Waals surface area (Å²) in [5.74, 6) is 1.38. The quantitative estimate of drug-likeness (QED) is 0.844. The van der Waals surface area contributed by atoms with Gasteiger partial charge in [0.1, 0.15) is 0 Å². The molecule has 2 N–H and O–H groups in total. The zero-order valence-corrected chi connectivity index (χ0v) is 14.5. The first-order chi connectivity index (χ1) is 8.48. The predicted octanol–water partition coefficient (Wildman–Crippen LogP) is 3.75. The number of nitrogens with zero attached hydrogens (tertiary/aromatic N) is 1. The fourth-order valence-electron chi connectivity index (χ4n) is 3.43. The molecule has 2 nitrogen and oxygen atoms in total. The summed E-state index contributed by atoms with van der Waals surface area (Å²) in [4.78, 5) is 2.55. The maximum atomic E-state index is 6.26. The van der Waals surface area contributed by atoms with Gasteiger partial charge in [-0.15, -0.1) is 0 Å². The highest BCUT2D eigenvalue weighted by atomic mass is 15.1. The molecule has 0 amide bonds. The van der Waals surface area contributed by atoms with E-state index < -0.39 is 0 Å². The van der Waals surface area contributed by atoms with E-state index in [2.05, 4.69) is 60.4 Å². The minimum atomic E-state index is 0.343. The molecule has 0 aromatic rings. The lowest BCUT2D eigenvalue weighted by Crippen LogP contribution is -2.51. The van der Waals surface area contributed by atoms with Crippen LogP contribution in [0.4, 0.5) is 0 Å². The second kappa shape index (κ2) is 5.73. The number of hydrogen-bond acceptors (Lipinski definition) is 2. The van der Waals surface area contributed by atoms with Crippen molar-refractivity contribution < 1.29 is 0 Å². The summed E-state index contributed by atoms with van der Waals surface area (Å²) in [6.45, 7) is 17.7. The zero-order chi connectivity index (χ0) is 15.0. The van der Waals surface area contributed by atoms with Crippen LogP contribution in [0.25, 0.3) is 0 Å². The van der Waals surface area contributed by atoms with Gasteiger partial charge in [0.2, 0.25) is 0 Å². The van der Waals surface area contributed by atoms with Crippen molar-refractivity contribution in [1.29, 1.82) is 0 Å². The van der Waals surface area contributed by atoms with Gasteiger partial charge in [-0.3, -0.25) is 0 Å². The monoisotopic (exact) mass is 268 g/mol. The van der Waals surface area contributed by atoms with E-state index in [1.807, 2.05) is 0 Å². The molecule has 2 heteroatoms. The van der Waals surface area contributed by atoms with Crippen LogP contribution in [0, 0.1) is 22.7 Å². The van der Waals surface area contributed by atoms with Gasteiger partial charge in [0.25, 0.3) is 0 Å².